The van der Waals surface area contributed by atoms with Crippen molar-refractivity contribution in [3.05, 3.63) is 65.7 Å². The monoisotopic (exact) mass is 240 g/mol. The fourth-order valence-corrected chi connectivity index (χ4v) is 1.52. The van der Waals surface area contributed by atoms with Crippen LogP contribution in [0, 0.1) is 0 Å². The Morgan fingerprint density at radius 1 is 1.00 bits per heavy atom. The van der Waals surface area contributed by atoms with E-state index in [1.807, 2.05) is 54.6 Å². The minimum atomic E-state index is 0.365. The van der Waals surface area contributed by atoms with Crippen LogP contribution in [0.15, 0.2) is 59.8 Å². The summed E-state index contributed by atoms with van der Waals surface area (Å²) < 4.78 is 5.22. The van der Waals surface area contributed by atoms with E-state index in [2.05, 4.69) is 11.4 Å². The Morgan fingerprint density at radius 2 is 1.72 bits per heavy atom. The molecule has 0 bridgehead atoms. The van der Waals surface area contributed by atoms with Crippen molar-refractivity contribution in [1.82, 2.24) is 0 Å². The van der Waals surface area contributed by atoms with Gasteiger partial charge in [-0.1, -0.05) is 53.7 Å². The van der Waals surface area contributed by atoms with Crippen molar-refractivity contribution >= 4 is 6.21 Å². The molecule has 1 radical (unpaired) electrons. The van der Waals surface area contributed by atoms with Crippen molar-refractivity contribution in [2.75, 3.05) is 7.11 Å². The molecule has 2 rings (SSSR count). The Kier molecular flexibility index (Phi) is 4.36. The fourth-order valence-electron chi connectivity index (χ4n) is 1.52. The maximum atomic E-state index is 5.22. The van der Waals surface area contributed by atoms with Gasteiger partial charge in [0.2, 0.25) is 0 Å². The first-order valence-corrected chi connectivity index (χ1v) is 5.65. The second-order valence-electron chi connectivity index (χ2n) is 3.65. The van der Waals surface area contributed by atoms with E-state index in [4.69, 9.17) is 9.57 Å². The highest BCUT2D eigenvalue weighted by atomic mass is 16.6. The van der Waals surface area contributed by atoms with Gasteiger partial charge in [0.1, 0.15) is 18.6 Å². The van der Waals surface area contributed by atoms with E-state index in [-0.39, 0.29) is 0 Å². The van der Waals surface area contributed by atoms with E-state index in [1.165, 1.54) is 0 Å². The largest absolute Gasteiger partial charge is 0.496 e. The summed E-state index contributed by atoms with van der Waals surface area (Å²) >= 11 is 0. The maximum absolute atomic E-state index is 5.22. The van der Waals surface area contributed by atoms with Crippen LogP contribution in [0.1, 0.15) is 11.1 Å². The van der Waals surface area contributed by atoms with Gasteiger partial charge >= 0.3 is 0 Å². The lowest BCUT2D eigenvalue weighted by Gasteiger charge is -2.05. The summed E-state index contributed by atoms with van der Waals surface area (Å²) in [7, 11) is 1.64. The van der Waals surface area contributed by atoms with Crippen LogP contribution in [-0.2, 0) is 11.4 Å². The zero-order valence-corrected chi connectivity index (χ0v) is 10.2. The third-order valence-corrected chi connectivity index (χ3v) is 2.43. The number of hydrogen-bond acceptors (Lipinski definition) is 3. The summed E-state index contributed by atoms with van der Waals surface area (Å²) in [5, 5.41) is 3.81. The highest BCUT2D eigenvalue weighted by molar-refractivity contribution is 5.78. The van der Waals surface area contributed by atoms with Gasteiger partial charge in [-0.3, -0.25) is 0 Å². The van der Waals surface area contributed by atoms with Crippen LogP contribution in [0.5, 0.6) is 5.75 Å². The lowest BCUT2D eigenvalue weighted by molar-refractivity contribution is 0.130. The van der Waals surface area contributed by atoms with Crippen LogP contribution >= 0.6 is 0 Å². The average molecular weight is 240 g/mol. The predicted molar refractivity (Wildman–Crippen MR) is 70.8 cm³/mol. The van der Waals surface area contributed by atoms with Crippen molar-refractivity contribution in [2.24, 2.45) is 5.16 Å². The first-order chi connectivity index (χ1) is 8.90. The number of hydrogen-bond donors (Lipinski definition) is 0. The lowest BCUT2D eigenvalue weighted by atomic mass is 10.2. The van der Waals surface area contributed by atoms with E-state index in [1.54, 1.807) is 7.11 Å². The second kappa shape index (κ2) is 6.45. The first-order valence-electron chi connectivity index (χ1n) is 5.65. The van der Waals surface area contributed by atoms with E-state index in [9.17, 15) is 0 Å². The van der Waals surface area contributed by atoms with Gasteiger partial charge in [0.25, 0.3) is 0 Å². The quantitative estimate of drug-likeness (QED) is 0.594. The summed E-state index contributed by atoms with van der Waals surface area (Å²) in [6.45, 7) is 0.365. The molecule has 0 aliphatic heterocycles. The number of benzene rings is 2. The van der Waals surface area contributed by atoms with Crippen LogP contribution in [-0.4, -0.2) is 13.3 Å². The molecule has 0 aliphatic carbocycles. The Hall–Kier alpha value is -2.29. The van der Waals surface area contributed by atoms with Crippen LogP contribution in [0.4, 0.5) is 0 Å². The zero-order valence-electron chi connectivity index (χ0n) is 10.2. The van der Waals surface area contributed by atoms with Gasteiger partial charge in [-0.25, -0.2) is 0 Å². The normalized spacial score (nSPS) is 10.5. The molecule has 0 unspecified atom stereocenters. The molecule has 0 saturated carbocycles. The number of ether oxygens (including phenoxy) is 1. The van der Waals surface area contributed by atoms with Crippen molar-refractivity contribution in [3.63, 3.8) is 0 Å². The Bertz CT molecular complexity index is 509. The molecular weight excluding hydrogens is 226 g/mol. The smallest absolute Gasteiger partial charge is 0.145 e. The SMILES string of the molecule is COc1ccccc1CON=[C]c1ccccc1. The summed E-state index contributed by atoms with van der Waals surface area (Å²) in [6.07, 6.45) is 2.81. The molecule has 18 heavy (non-hydrogen) atoms. The Balaban J connectivity index is 1.91. The van der Waals surface area contributed by atoms with Crippen LogP contribution in [0.2, 0.25) is 0 Å². The van der Waals surface area contributed by atoms with E-state index in [0.29, 0.717) is 6.61 Å². The Labute approximate surface area is 107 Å². The molecule has 0 atom stereocenters. The van der Waals surface area contributed by atoms with Crippen molar-refractivity contribution in [3.8, 4) is 5.75 Å². The van der Waals surface area contributed by atoms with Gasteiger partial charge < -0.3 is 9.57 Å². The molecule has 0 aromatic heterocycles. The lowest BCUT2D eigenvalue weighted by Crippen LogP contribution is -1.93. The van der Waals surface area contributed by atoms with E-state index >= 15 is 0 Å². The van der Waals surface area contributed by atoms with Crippen LogP contribution in [0.25, 0.3) is 0 Å². The van der Waals surface area contributed by atoms with E-state index in [0.717, 1.165) is 16.9 Å². The Morgan fingerprint density at radius 3 is 2.50 bits per heavy atom. The standard InChI is InChI=1S/C15H14NO2/c1-17-15-10-6-5-9-14(15)12-18-16-11-13-7-3-2-4-8-13/h2-10H,12H2,1H3. The van der Waals surface area contributed by atoms with E-state index < -0.39 is 0 Å². The van der Waals surface area contributed by atoms with Gasteiger partial charge in [-0.05, 0) is 6.07 Å². The number of para-hydroxylation sites is 1. The van der Waals surface area contributed by atoms with Gasteiger partial charge in [0, 0.05) is 11.1 Å². The third-order valence-electron chi connectivity index (χ3n) is 2.43. The highest BCUT2D eigenvalue weighted by Crippen LogP contribution is 2.17. The molecule has 0 heterocycles. The number of rotatable bonds is 5. The maximum Gasteiger partial charge on any atom is 0.145 e. The number of methoxy groups -OCH3 is 1. The molecule has 2 aromatic carbocycles. The summed E-state index contributed by atoms with van der Waals surface area (Å²) in [6, 6.07) is 17.3. The summed E-state index contributed by atoms with van der Waals surface area (Å²) in [5.41, 5.74) is 1.84. The third kappa shape index (κ3) is 3.35. The minimum Gasteiger partial charge on any atom is -0.496 e. The molecule has 0 N–H and O–H groups in total. The minimum absolute atomic E-state index is 0.365. The summed E-state index contributed by atoms with van der Waals surface area (Å²) in [4.78, 5) is 5.20. The fraction of sp³-hybridized carbons (Fsp3) is 0.133. The molecule has 0 saturated heterocycles. The molecule has 3 nitrogen and oxygen atoms in total. The molecular formula is C15H14NO2. The molecule has 0 spiro atoms. The zero-order chi connectivity index (χ0) is 12.6. The van der Waals surface area contributed by atoms with Gasteiger partial charge in [-0.2, -0.15) is 0 Å². The summed E-state index contributed by atoms with van der Waals surface area (Å²) in [5.74, 6) is 0.799. The number of nitrogens with zero attached hydrogens (tertiary/aromatic N) is 1. The molecule has 2 aromatic rings. The molecule has 0 fully saturated rings. The van der Waals surface area contributed by atoms with Crippen molar-refractivity contribution in [2.45, 2.75) is 6.61 Å². The topological polar surface area (TPSA) is 30.8 Å². The van der Waals surface area contributed by atoms with Gasteiger partial charge in [0.05, 0.1) is 7.11 Å². The molecule has 3 heteroatoms. The predicted octanol–water partition coefficient (Wildman–Crippen LogP) is 3.12. The van der Waals surface area contributed by atoms with Crippen LogP contribution in [0.3, 0.4) is 0 Å². The molecule has 0 amide bonds. The molecule has 91 valence electrons. The molecule has 0 aliphatic rings. The van der Waals surface area contributed by atoms with Gasteiger partial charge in [-0.15, -0.1) is 0 Å². The van der Waals surface area contributed by atoms with Crippen LogP contribution < -0.4 is 4.74 Å². The second-order valence-corrected chi connectivity index (χ2v) is 3.65. The highest BCUT2D eigenvalue weighted by Gasteiger charge is 2.00. The van der Waals surface area contributed by atoms with Crippen molar-refractivity contribution < 1.29 is 9.57 Å². The average Bonchev–Trinajstić information content (AvgIpc) is 2.45. The van der Waals surface area contributed by atoms with Gasteiger partial charge in [0.15, 0.2) is 0 Å². The van der Waals surface area contributed by atoms with Crippen molar-refractivity contribution in [1.29, 1.82) is 0 Å². The first kappa shape index (κ1) is 12.2.